The second kappa shape index (κ2) is 6.40. The number of carbonyl (C=O) groups excluding carboxylic acids is 1. The van der Waals surface area contributed by atoms with E-state index in [1.165, 1.54) is 30.5 Å². The number of nitrogens with zero attached hydrogens (tertiary/aromatic N) is 3. The summed E-state index contributed by atoms with van der Waals surface area (Å²) >= 11 is 0. The van der Waals surface area contributed by atoms with Crippen molar-refractivity contribution in [3.8, 4) is 5.75 Å². The number of H-pyrrole nitrogens is 1. The molecule has 0 bridgehead atoms. The van der Waals surface area contributed by atoms with Gasteiger partial charge in [-0.15, -0.1) is 0 Å². The van der Waals surface area contributed by atoms with E-state index in [0.717, 1.165) is 5.69 Å². The lowest BCUT2D eigenvalue weighted by atomic mass is 10.0. The highest BCUT2D eigenvalue weighted by Crippen LogP contribution is 2.28. The van der Waals surface area contributed by atoms with Crippen LogP contribution < -0.4 is 5.43 Å². The number of hydrogen-bond acceptors (Lipinski definition) is 6. The molecule has 0 atom stereocenters. The molecule has 0 fully saturated rings. The van der Waals surface area contributed by atoms with E-state index < -0.39 is 10.8 Å². The highest BCUT2D eigenvalue weighted by atomic mass is 16.6. The van der Waals surface area contributed by atoms with Gasteiger partial charge < -0.3 is 5.11 Å². The van der Waals surface area contributed by atoms with Crippen LogP contribution in [-0.4, -0.2) is 32.3 Å². The molecule has 0 radical (unpaired) electrons. The van der Waals surface area contributed by atoms with Crippen molar-refractivity contribution in [1.29, 1.82) is 0 Å². The highest BCUT2D eigenvalue weighted by Gasteiger charge is 2.11. The topological polar surface area (TPSA) is 134 Å². The summed E-state index contributed by atoms with van der Waals surface area (Å²) in [5.74, 6) is -0.564. The SMILES string of the molecule is Cc1cc(C(=O)N/N=C/c2c(O)ccc3cc([N+](=O)[O-])ccc23)n[nH]1. The van der Waals surface area contributed by atoms with Crippen molar-refractivity contribution in [2.24, 2.45) is 5.10 Å². The van der Waals surface area contributed by atoms with Crippen LogP contribution in [0.3, 0.4) is 0 Å². The second-order valence-electron chi connectivity index (χ2n) is 5.30. The number of hydrazone groups is 1. The van der Waals surface area contributed by atoms with Crippen LogP contribution in [0.5, 0.6) is 5.75 Å². The molecule has 0 aliphatic heterocycles. The van der Waals surface area contributed by atoms with E-state index in [2.05, 4.69) is 20.7 Å². The summed E-state index contributed by atoms with van der Waals surface area (Å²) in [5.41, 5.74) is 3.52. The van der Waals surface area contributed by atoms with Gasteiger partial charge in [0.15, 0.2) is 5.69 Å². The first-order valence-corrected chi connectivity index (χ1v) is 7.21. The zero-order valence-corrected chi connectivity index (χ0v) is 13.1. The Kier molecular flexibility index (Phi) is 4.12. The average molecular weight is 339 g/mol. The van der Waals surface area contributed by atoms with Crippen LogP contribution in [0.4, 0.5) is 5.69 Å². The number of carbonyl (C=O) groups is 1. The van der Waals surface area contributed by atoms with E-state index in [4.69, 9.17) is 0 Å². The Bertz CT molecular complexity index is 1010. The zero-order valence-electron chi connectivity index (χ0n) is 13.1. The number of benzene rings is 2. The number of aromatic hydroxyl groups is 1. The Morgan fingerprint density at radius 2 is 2.16 bits per heavy atom. The van der Waals surface area contributed by atoms with Crippen molar-refractivity contribution in [2.45, 2.75) is 6.92 Å². The Morgan fingerprint density at radius 1 is 1.36 bits per heavy atom. The minimum Gasteiger partial charge on any atom is -0.507 e. The van der Waals surface area contributed by atoms with E-state index in [-0.39, 0.29) is 17.1 Å². The fraction of sp³-hybridized carbons (Fsp3) is 0.0625. The maximum atomic E-state index is 11.9. The molecule has 0 aliphatic carbocycles. The van der Waals surface area contributed by atoms with Gasteiger partial charge in [-0.05, 0) is 35.9 Å². The number of nitrogens with one attached hydrogen (secondary N) is 2. The molecule has 2 aromatic carbocycles. The van der Waals surface area contributed by atoms with Crippen LogP contribution in [0.1, 0.15) is 21.7 Å². The molecule has 3 aromatic rings. The van der Waals surface area contributed by atoms with Gasteiger partial charge in [0.05, 0.1) is 11.1 Å². The number of nitro groups is 1. The number of aromatic nitrogens is 2. The van der Waals surface area contributed by atoms with E-state index in [9.17, 15) is 20.0 Å². The predicted molar refractivity (Wildman–Crippen MR) is 90.7 cm³/mol. The standard InChI is InChI=1S/C16H13N5O4/c1-9-6-14(19-18-9)16(23)20-17-8-13-12-4-3-11(21(24)25)7-10(12)2-5-15(13)22/h2-8,22H,1H3,(H,18,19)(H,20,23)/b17-8+. The maximum absolute atomic E-state index is 11.9. The van der Waals surface area contributed by atoms with Crippen molar-refractivity contribution in [3.63, 3.8) is 0 Å². The lowest BCUT2D eigenvalue weighted by Crippen LogP contribution is -2.18. The van der Waals surface area contributed by atoms with Crippen LogP contribution in [0.15, 0.2) is 41.5 Å². The number of amides is 1. The third-order valence-electron chi connectivity index (χ3n) is 3.53. The van der Waals surface area contributed by atoms with Gasteiger partial charge in [0.2, 0.25) is 0 Å². The Morgan fingerprint density at radius 3 is 2.84 bits per heavy atom. The van der Waals surface area contributed by atoms with Gasteiger partial charge in [-0.25, -0.2) is 5.43 Å². The third-order valence-corrected chi connectivity index (χ3v) is 3.53. The van der Waals surface area contributed by atoms with Gasteiger partial charge in [0.1, 0.15) is 5.75 Å². The number of aromatic amines is 1. The second-order valence-corrected chi connectivity index (χ2v) is 5.30. The van der Waals surface area contributed by atoms with Crippen LogP contribution in [0.2, 0.25) is 0 Å². The molecule has 25 heavy (non-hydrogen) atoms. The summed E-state index contributed by atoms with van der Waals surface area (Å²) in [6.45, 7) is 1.76. The summed E-state index contributed by atoms with van der Waals surface area (Å²) in [6.07, 6.45) is 1.28. The molecule has 1 amide bonds. The molecular formula is C16H13N5O4. The zero-order chi connectivity index (χ0) is 18.0. The molecular weight excluding hydrogens is 326 g/mol. The van der Waals surface area contributed by atoms with E-state index in [0.29, 0.717) is 16.3 Å². The number of non-ortho nitro benzene ring substituents is 1. The van der Waals surface area contributed by atoms with Crippen molar-refractivity contribution < 1.29 is 14.8 Å². The molecule has 1 aromatic heterocycles. The third kappa shape index (κ3) is 3.29. The fourth-order valence-corrected chi connectivity index (χ4v) is 2.33. The largest absolute Gasteiger partial charge is 0.507 e. The van der Waals surface area contributed by atoms with Gasteiger partial charge in [0.25, 0.3) is 11.6 Å². The molecule has 9 nitrogen and oxygen atoms in total. The predicted octanol–water partition coefficient (Wildman–Crippen LogP) is 2.25. The highest BCUT2D eigenvalue weighted by molar-refractivity contribution is 6.03. The average Bonchev–Trinajstić information content (AvgIpc) is 3.02. The molecule has 0 unspecified atom stereocenters. The smallest absolute Gasteiger partial charge is 0.291 e. The first-order valence-electron chi connectivity index (χ1n) is 7.21. The number of rotatable bonds is 4. The number of phenols is 1. The summed E-state index contributed by atoms with van der Waals surface area (Å²) in [6, 6.07) is 8.81. The van der Waals surface area contributed by atoms with Crippen LogP contribution >= 0.6 is 0 Å². The van der Waals surface area contributed by atoms with Gasteiger partial charge in [0, 0.05) is 23.4 Å². The molecule has 3 rings (SSSR count). The molecule has 0 aliphatic rings. The van der Waals surface area contributed by atoms with Crippen LogP contribution in [-0.2, 0) is 0 Å². The number of aryl methyl sites for hydroxylation is 1. The van der Waals surface area contributed by atoms with Gasteiger partial charge in [-0.1, -0.05) is 6.07 Å². The Balaban J connectivity index is 1.88. The number of phenolic OH excluding ortho intramolecular Hbond substituents is 1. The summed E-state index contributed by atoms with van der Waals surface area (Å²) < 4.78 is 0. The molecule has 0 saturated heterocycles. The summed E-state index contributed by atoms with van der Waals surface area (Å²) in [7, 11) is 0. The van der Waals surface area contributed by atoms with Crippen molar-refractivity contribution >= 4 is 28.6 Å². The molecule has 0 spiro atoms. The first kappa shape index (κ1) is 16.1. The van der Waals surface area contributed by atoms with Crippen molar-refractivity contribution in [3.05, 3.63) is 63.5 Å². The lowest BCUT2D eigenvalue weighted by molar-refractivity contribution is -0.384. The summed E-state index contributed by atoms with van der Waals surface area (Å²) in [5, 5.41) is 32.3. The van der Waals surface area contributed by atoms with Crippen molar-refractivity contribution in [1.82, 2.24) is 15.6 Å². The minimum atomic E-state index is -0.504. The summed E-state index contributed by atoms with van der Waals surface area (Å²) in [4.78, 5) is 22.2. The lowest BCUT2D eigenvalue weighted by Gasteiger charge is -2.05. The Hall–Kier alpha value is -3.75. The van der Waals surface area contributed by atoms with Gasteiger partial charge in [-0.3, -0.25) is 20.0 Å². The maximum Gasteiger partial charge on any atom is 0.291 e. The number of hydrogen-bond donors (Lipinski definition) is 3. The van der Waals surface area contributed by atoms with E-state index in [1.807, 2.05) is 0 Å². The first-order chi connectivity index (χ1) is 12.0. The molecule has 126 valence electrons. The molecule has 1 heterocycles. The van der Waals surface area contributed by atoms with E-state index >= 15 is 0 Å². The molecule has 3 N–H and O–H groups in total. The quantitative estimate of drug-likeness (QED) is 0.381. The van der Waals surface area contributed by atoms with E-state index in [1.54, 1.807) is 19.1 Å². The Labute approximate surface area is 141 Å². The van der Waals surface area contributed by atoms with Crippen LogP contribution in [0, 0.1) is 17.0 Å². The van der Waals surface area contributed by atoms with Gasteiger partial charge >= 0.3 is 0 Å². The minimum absolute atomic E-state index is 0.0525. The number of fused-ring (bicyclic) bond motifs is 1. The van der Waals surface area contributed by atoms with Crippen LogP contribution in [0.25, 0.3) is 10.8 Å². The monoisotopic (exact) mass is 339 g/mol. The molecule has 9 heteroatoms. The fourth-order valence-electron chi connectivity index (χ4n) is 2.33. The molecule has 0 saturated carbocycles. The van der Waals surface area contributed by atoms with Gasteiger partial charge in [-0.2, -0.15) is 10.2 Å². The van der Waals surface area contributed by atoms with Crippen molar-refractivity contribution in [2.75, 3.05) is 0 Å². The normalized spacial score (nSPS) is 11.1. The number of nitro benzene ring substituents is 1.